The monoisotopic (exact) mass is 470 g/mol. The highest BCUT2D eigenvalue weighted by molar-refractivity contribution is 5.85. The molecular formula is C25H25F3N4O2. The molecule has 3 aromatic rings. The third-order valence-electron chi connectivity index (χ3n) is 6.58. The van der Waals surface area contributed by atoms with Crippen LogP contribution in [0.3, 0.4) is 0 Å². The number of carbonyl (C=O) groups is 1. The van der Waals surface area contributed by atoms with E-state index in [0.717, 1.165) is 25.5 Å². The minimum Gasteiger partial charge on any atom is -0.339 e. The fraction of sp³-hybridized carbons (Fsp3) is 0.400. The largest absolute Gasteiger partial charge is 0.421 e. The molecule has 1 saturated heterocycles. The quantitative estimate of drug-likeness (QED) is 0.572. The highest BCUT2D eigenvalue weighted by Crippen LogP contribution is 2.40. The van der Waals surface area contributed by atoms with E-state index in [-0.39, 0.29) is 17.5 Å². The molecule has 0 unspecified atom stereocenters. The van der Waals surface area contributed by atoms with Crippen molar-refractivity contribution in [2.75, 3.05) is 26.2 Å². The van der Waals surface area contributed by atoms with Crippen molar-refractivity contribution in [1.82, 2.24) is 19.6 Å². The first-order valence-electron chi connectivity index (χ1n) is 11.5. The maximum Gasteiger partial charge on any atom is 0.421 e. The zero-order valence-corrected chi connectivity index (χ0v) is 18.6. The Morgan fingerprint density at radius 2 is 1.71 bits per heavy atom. The van der Waals surface area contributed by atoms with Gasteiger partial charge in [-0.1, -0.05) is 42.5 Å². The number of alkyl halides is 3. The van der Waals surface area contributed by atoms with Crippen molar-refractivity contribution in [2.45, 2.75) is 38.0 Å². The van der Waals surface area contributed by atoms with Crippen molar-refractivity contribution >= 4 is 16.7 Å². The van der Waals surface area contributed by atoms with E-state index in [9.17, 15) is 22.8 Å². The van der Waals surface area contributed by atoms with Gasteiger partial charge in [-0.25, -0.2) is 4.68 Å². The number of carbonyl (C=O) groups excluding carboxylic acids is 1. The standard InChI is InChI=1S/C25H25F3N4O2/c26-25(27,28)21-14-22(18-8-9-18)29-32(24(21)34)16-23(33)31-12-10-30(11-13-31)15-19-6-3-5-17-4-1-2-7-20(17)19/h1-7,14,18H,8-13,15-16H2. The highest BCUT2D eigenvalue weighted by Gasteiger charge is 2.38. The van der Waals surface area contributed by atoms with Crippen LogP contribution >= 0.6 is 0 Å². The lowest BCUT2D eigenvalue weighted by Crippen LogP contribution is -2.50. The van der Waals surface area contributed by atoms with E-state index < -0.39 is 23.8 Å². The average Bonchev–Trinajstić information content (AvgIpc) is 3.66. The van der Waals surface area contributed by atoms with Gasteiger partial charge in [-0.3, -0.25) is 14.5 Å². The Labute approximate surface area is 194 Å². The number of aromatic nitrogens is 2. The number of fused-ring (bicyclic) bond motifs is 1. The number of rotatable bonds is 5. The number of piperazine rings is 1. The Balaban J connectivity index is 1.25. The molecule has 1 amide bonds. The normalized spacial score (nSPS) is 17.3. The fourth-order valence-electron chi connectivity index (χ4n) is 4.51. The van der Waals surface area contributed by atoms with Gasteiger partial charge in [0.25, 0.3) is 5.56 Å². The number of hydrogen-bond acceptors (Lipinski definition) is 4. The molecule has 34 heavy (non-hydrogen) atoms. The Morgan fingerprint density at radius 1 is 1.00 bits per heavy atom. The predicted molar refractivity (Wildman–Crippen MR) is 121 cm³/mol. The molecule has 2 aliphatic rings. The molecule has 5 rings (SSSR count). The molecule has 1 aliphatic carbocycles. The maximum atomic E-state index is 13.4. The Bertz CT molecular complexity index is 1270. The second kappa shape index (κ2) is 8.87. The van der Waals surface area contributed by atoms with Gasteiger partial charge in [-0.05, 0) is 35.2 Å². The molecule has 1 saturated carbocycles. The first kappa shape index (κ1) is 22.6. The molecule has 2 fully saturated rings. The minimum atomic E-state index is -4.78. The van der Waals surface area contributed by atoms with Crippen molar-refractivity contribution in [3.05, 3.63) is 75.7 Å². The van der Waals surface area contributed by atoms with Crippen molar-refractivity contribution in [2.24, 2.45) is 0 Å². The van der Waals surface area contributed by atoms with E-state index in [1.165, 1.54) is 16.3 Å². The maximum absolute atomic E-state index is 13.4. The molecule has 178 valence electrons. The van der Waals surface area contributed by atoms with E-state index >= 15 is 0 Å². The second-order valence-electron chi connectivity index (χ2n) is 9.01. The molecule has 0 atom stereocenters. The molecule has 0 N–H and O–H groups in total. The molecule has 2 heterocycles. The first-order valence-corrected chi connectivity index (χ1v) is 11.5. The van der Waals surface area contributed by atoms with E-state index in [0.29, 0.717) is 30.9 Å². The van der Waals surface area contributed by atoms with Crippen LogP contribution in [0.1, 0.15) is 35.6 Å². The number of benzene rings is 2. The average molecular weight is 470 g/mol. The molecular weight excluding hydrogens is 445 g/mol. The summed E-state index contributed by atoms with van der Waals surface area (Å²) >= 11 is 0. The summed E-state index contributed by atoms with van der Waals surface area (Å²) < 4.78 is 40.8. The van der Waals surface area contributed by atoms with E-state index in [2.05, 4.69) is 34.3 Å². The summed E-state index contributed by atoms with van der Waals surface area (Å²) in [4.78, 5) is 29.1. The Morgan fingerprint density at radius 3 is 2.41 bits per heavy atom. The van der Waals surface area contributed by atoms with Crippen molar-refractivity contribution < 1.29 is 18.0 Å². The molecule has 0 spiro atoms. The van der Waals surface area contributed by atoms with Gasteiger partial charge < -0.3 is 4.90 Å². The van der Waals surface area contributed by atoms with Crippen LogP contribution in [0.25, 0.3) is 10.8 Å². The highest BCUT2D eigenvalue weighted by atomic mass is 19.4. The van der Waals surface area contributed by atoms with Gasteiger partial charge >= 0.3 is 6.18 Å². The molecule has 0 radical (unpaired) electrons. The van der Waals surface area contributed by atoms with Gasteiger partial charge in [-0.15, -0.1) is 0 Å². The summed E-state index contributed by atoms with van der Waals surface area (Å²) in [5.41, 5.74) is -1.07. The first-order chi connectivity index (χ1) is 16.3. The SMILES string of the molecule is O=C(Cn1nc(C2CC2)cc(C(F)(F)F)c1=O)N1CCN(Cc2cccc3ccccc23)CC1. The fourth-order valence-corrected chi connectivity index (χ4v) is 4.51. The van der Waals surface area contributed by atoms with Gasteiger partial charge in [0.1, 0.15) is 12.1 Å². The van der Waals surface area contributed by atoms with E-state index in [4.69, 9.17) is 0 Å². The number of nitrogens with zero attached hydrogens (tertiary/aromatic N) is 4. The lowest BCUT2D eigenvalue weighted by Gasteiger charge is -2.35. The van der Waals surface area contributed by atoms with Crippen LogP contribution in [-0.4, -0.2) is 51.7 Å². The summed E-state index contributed by atoms with van der Waals surface area (Å²) in [7, 11) is 0. The third-order valence-corrected chi connectivity index (χ3v) is 6.58. The minimum absolute atomic E-state index is 0.0688. The van der Waals surface area contributed by atoms with E-state index in [1.807, 2.05) is 18.2 Å². The topological polar surface area (TPSA) is 58.4 Å². The Hall–Kier alpha value is -3.20. The molecule has 1 aliphatic heterocycles. The smallest absolute Gasteiger partial charge is 0.339 e. The van der Waals surface area contributed by atoms with Crippen LogP contribution in [0.5, 0.6) is 0 Å². The van der Waals surface area contributed by atoms with Crippen LogP contribution in [0.2, 0.25) is 0 Å². The van der Waals surface area contributed by atoms with Crippen molar-refractivity contribution in [3.63, 3.8) is 0 Å². The van der Waals surface area contributed by atoms with Gasteiger partial charge in [0.05, 0.1) is 5.69 Å². The third kappa shape index (κ3) is 4.70. The summed E-state index contributed by atoms with van der Waals surface area (Å²) in [6, 6.07) is 15.3. The summed E-state index contributed by atoms with van der Waals surface area (Å²) in [6.45, 7) is 2.47. The molecule has 0 bridgehead atoms. The lowest BCUT2D eigenvalue weighted by molar-refractivity contribution is -0.140. The van der Waals surface area contributed by atoms with Crippen LogP contribution in [0.4, 0.5) is 13.2 Å². The summed E-state index contributed by atoms with van der Waals surface area (Å²) in [5.74, 6) is -0.457. The van der Waals surface area contributed by atoms with Crippen LogP contribution in [-0.2, 0) is 24.1 Å². The Kier molecular flexibility index (Phi) is 5.89. The molecule has 1 aromatic heterocycles. The second-order valence-corrected chi connectivity index (χ2v) is 9.01. The zero-order valence-electron chi connectivity index (χ0n) is 18.6. The molecule has 6 nitrogen and oxygen atoms in total. The van der Waals surface area contributed by atoms with Crippen LogP contribution in [0.15, 0.2) is 53.3 Å². The van der Waals surface area contributed by atoms with E-state index in [1.54, 1.807) is 4.90 Å². The van der Waals surface area contributed by atoms with Gasteiger partial charge in [0.15, 0.2) is 0 Å². The predicted octanol–water partition coefficient (Wildman–Crippen LogP) is 3.64. The molecule has 2 aromatic carbocycles. The molecule has 9 heteroatoms. The zero-order chi connectivity index (χ0) is 23.9. The van der Waals surface area contributed by atoms with Crippen LogP contribution in [0, 0.1) is 0 Å². The summed E-state index contributed by atoms with van der Waals surface area (Å²) in [6.07, 6.45) is -3.29. The van der Waals surface area contributed by atoms with Gasteiger partial charge in [-0.2, -0.15) is 18.3 Å². The summed E-state index contributed by atoms with van der Waals surface area (Å²) in [5, 5.41) is 6.47. The van der Waals surface area contributed by atoms with Gasteiger partial charge in [0, 0.05) is 38.6 Å². The number of hydrogen-bond donors (Lipinski definition) is 0. The van der Waals surface area contributed by atoms with Crippen molar-refractivity contribution in [3.8, 4) is 0 Å². The number of halogens is 3. The number of amides is 1. The van der Waals surface area contributed by atoms with Crippen molar-refractivity contribution in [1.29, 1.82) is 0 Å². The van der Waals surface area contributed by atoms with Gasteiger partial charge in [0.2, 0.25) is 5.91 Å². The van der Waals surface area contributed by atoms with Crippen LogP contribution < -0.4 is 5.56 Å². The lowest BCUT2D eigenvalue weighted by atomic mass is 10.0.